The largest absolute Gasteiger partial charge is 0.444 e. The molecule has 218 valence electrons. The van der Waals surface area contributed by atoms with Crippen LogP contribution in [-0.4, -0.2) is 64.9 Å². The van der Waals surface area contributed by atoms with E-state index in [0.717, 1.165) is 27.8 Å². The van der Waals surface area contributed by atoms with Gasteiger partial charge in [0.2, 0.25) is 11.7 Å². The van der Waals surface area contributed by atoms with Crippen LogP contribution in [0, 0.1) is 10.1 Å². The van der Waals surface area contributed by atoms with Crippen molar-refractivity contribution >= 4 is 40.5 Å². The fraction of sp³-hybridized carbons (Fsp3) is 0.333. The van der Waals surface area contributed by atoms with E-state index in [1.54, 1.807) is 26.8 Å². The van der Waals surface area contributed by atoms with Crippen molar-refractivity contribution in [2.75, 3.05) is 19.6 Å². The molecule has 0 aliphatic rings. The minimum Gasteiger partial charge on any atom is -0.444 e. The van der Waals surface area contributed by atoms with Crippen LogP contribution in [0.4, 0.5) is 10.7 Å². The zero-order valence-corrected chi connectivity index (χ0v) is 22.8. The van der Waals surface area contributed by atoms with Crippen LogP contribution in [0.3, 0.4) is 0 Å². The zero-order chi connectivity index (χ0) is 30.2. The number of carbonyl (C=O) groups is 4. The van der Waals surface area contributed by atoms with Gasteiger partial charge in [-0.2, -0.15) is 0 Å². The second-order valence-corrected chi connectivity index (χ2v) is 10.0. The highest BCUT2D eigenvalue weighted by Crippen LogP contribution is 2.17. The maximum atomic E-state index is 13.1. The van der Waals surface area contributed by atoms with Gasteiger partial charge in [0, 0.05) is 19.5 Å². The molecule has 5 N–H and O–H groups in total. The van der Waals surface area contributed by atoms with E-state index in [1.807, 2.05) is 36.4 Å². The van der Waals surface area contributed by atoms with E-state index >= 15 is 0 Å². The van der Waals surface area contributed by atoms with Gasteiger partial charge in [0.25, 0.3) is 5.91 Å². The molecule has 1 atom stereocenters. The molecule has 0 radical (unpaired) electrons. The normalized spacial score (nSPS) is 11.8. The number of hydrogen-bond donors (Lipinski definition) is 4. The highest BCUT2D eigenvalue weighted by Gasteiger charge is 2.27. The van der Waals surface area contributed by atoms with E-state index in [0.29, 0.717) is 5.56 Å². The van der Waals surface area contributed by atoms with Crippen molar-refractivity contribution in [3.05, 3.63) is 76.0 Å². The second-order valence-electron chi connectivity index (χ2n) is 10.0. The minimum absolute atomic E-state index is 0.0355. The molecule has 0 aliphatic heterocycles. The van der Waals surface area contributed by atoms with E-state index in [-0.39, 0.29) is 19.5 Å². The molecule has 4 amide bonds. The van der Waals surface area contributed by atoms with Gasteiger partial charge in [0.15, 0.2) is 0 Å². The van der Waals surface area contributed by atoms with E-state index in [2.05, 4.69) is 16.2 Å². The Morgan fingerprint density at radius 1 is 1.05 bits per heavy atom. The molecule has 0 fully saturated rings. The fourth-order valence-corrected chi connectivity index (χ4v) is 3.76. The van der Waals surface area contributed by atoms with Gasteiger partial charge in [-0.3, -0.25) is 40.2 Å². The topological polar surface area (TPSA) is 199 Å². The minimum atomic E-state index is -1.19. The molecule has 0 bridgehead atoms. The van der Waals surface area contributed by atoms with Crippen molar-refractivity contribution in [2.45, 2.75) is 38.8 Å². The summed E-state index contributed by atoms with van der Waals surface area (Å²) in [5.74, 6) is -3.44. The summed E-state index contributed by atoms with van der Waals surface area (Å²) in [6, 6.07) is 14.0. The zero-order valence-electron chi connectivity index (χ0n) is 22.8. The monoisotopic (exact) mass is 568 g/mol. The number of fused-ring (bicyclic) bond motifs is 1. The standard InChI is InChI=1S/C27H32N6O8/c1-27(2,3)41-26(37)32(13-12-28)16-22(34)29-20(15-17-8-9-18-6-4-5-7-19(18)14-17)24(35)30-31-25(36)21-10-11-23(40-21)33(38)39/h4-11,14,20H,12-13,15-16,28H2,1-3H3,(H,29,34)(H,30,35)(H,31,36). The molecule has 41 heavy (non-hydrogen) atoms. The van der Waals surface area contributed by atoms with Crippen LogP contribution in [0.15, 0.2) is 59.0 Å². The Morgan fingerprint density at radius 2 is 1.76 bits per heavy atom. The molecule has 0 aliphatic carbocycles. The third-order valence-corrected chi connectivity index (χ3v) is 5.59. The highest BCUT2D eigenvalue weighted by atomic mass is 16.6. The lowest BCUT2D eigenvalue weighted by atomic mass is 10.0. The summed E-state index contributed by atoms with van der Waals surface area (Å²) in [4.78, 5) is 62.1. The predicted molar refractivity (Wildman–Crippen MR) is 147 cm³/mol. The SMILES string of the molecule is CC(C)(C)OC(=O)N(CCN)CC(=O)NC(Cc1ccc2ccccc2c1)C(=O)NNC(=O)c1ccc([N+](=O)[O-])o1. The van der Waals surface area contributed by atoms with Crippen LogP contribution in [0.25, 0.3) is 10.8 Å². The number of carbonyl (C=O) groups excluding carboxylic acids is 4. The summed E-state index contributed by atoms with van der Waals surface area (Å²) in [7, 11) is 0. The van der Waals surface area contributed by atoms with Gasteiger partial charge in [-0.25, -0.2) is 4.79 Å². The number of nitrogens with one attached hydrogen (secondary N) is 3. The molecule has 14 nitrogen and oxygen atoms in total. The molecule has 1 heterocycles. The maximum absolute atomic E-state index is 13.1. The predicted octanol–water partition coefficient (Wildman–Crippen LogP) is 2.03. The molecule has 3 aromatic rings. The number of nitrogens with two attached hydrogens (primary N) is 1. The third-order valence-electron chi connectivity index (χ3n) is 5.59. The van der Waals surface area contributed by atoms with Crippen LogP contribution in [0.2, 0.25) is 0 Å². The second kappa shape index (κ2) is 13.4. The molecule has 0 spiro atoms. The van der Waals surface area contributed by atoms with Gasteiger partial charge in [0.1, 0.15) is 23.1 Å². The van der Waals surface area contributed by atoms with Crippen molar-refractivity contribution in [2.24, 2.45) is 5.73 Å². The lowest BCUT2D eigenvalue weighted by Crippen LogP contribution is -2.55. The molecule has 1 aromatic heterocycles. The van der Waals surface area contributed by atoms with Crippen LogP contribution in [0.5, 0.6) is 0 Å². The van der Waals surface area contributed by atoms with E-state index in [1.165, 1.54) is 0 Å². The maximum Gasteiger partial charge on any atom is 0.433 e. The van der Waals surface area contributed by atoms with E-state index in [4.69, 9.17) is 14.9 Å². The summed E-state index contributed by atoms with van der Waals surface area (Å²) in [6.45, 7) is 4.73. The van der Waals surface area contributed by atoms with Crippen molar-refractivity contribution in [3.63, 3.8) is 0 Å². The number of rotatable bonds is 10. The average molecular weight is 569 g/mol. The molecule has 0 saturated carbocycles. The lowest BCUT2D eigenvalue weighted by molar-refractivity contribution is -0.402. The number of benzene rings is 2. The van der Waals surface area contributed by atoms with Gasteiger partial charge in [-0.05, 0) is 43.2 Å². The molecule has 1 unspecified atom stereocenters. The Morgan fingerprint density at radius 3 is 2.39 bits per heavy atom. The summed E-state index contributed by atoms with van der Waals surface area (Å²) in [5, 5.41) is 15.3. The third kappa shape index (κ3) is 9.03. The van der Waals surface area contributed by atoms with Gasteiger partial charge in [-0.15, -0.1) is 0 Å². The quantitative estimate of drug-likeness (QED) is 0.209. The van der Waals surface area contributed by atoms with Crippen LogP contribution >= 0.6 is 0 Å². The Hall–Kier alpha value is -4.98. The molecule has 2 aromatic carbocycles. The van der Waals surface area contributed by atoms with Crippen molar-refractivity contribution in [1.82, 2.24) is 21.1 Å². The van der Waals surface area contributed by atoms with Crippen LogP contribution in [-0.2, 0) is 20.7 Å². The molecular weight excluding hydrogens is 536 g/mol. The van der Waals surface area contributed by atoms with Gasteiger partial charge < -0.3 is 20.2 Å². The van der Waals surface area contributed by atoms with Crippen LogP contribution in [0.1, 0.15) is 36.9 Å². The number of hydrogen-bond acceptors (Lipinski definition) is 9. The Labute approximate surface area is 235 Å². The molecule has 14 heteroatoms. The summed E-state index contributed by atoms with van der Waals surface area (Å²) >= 11 is 0. The number of ether oxygens (including phenoxy) is 1. The molecule has 0 saturated heterocycles. The Kier molecular flexibility index (Phi) is 9.98. The Bertz CT molecular complexity index is 1430. The number of hydrazine groups is 1. The summed E-state index contributed by atoms with van der Waals surface area (Å²) in [5.41, 5.74) is 9.84. The lowest BCUT2D eigenvalue weighted by Gasteiger charge is -2.27. The molecule has 3 rings (SSSR count). The van der Waals surface area contributed by atoms with Crippen LogP contribution < -0.4 is 21.9 Å². The van der Waals surface area contributed by atoms with Crippen molar-refractivity contribution < 1.29 is 33.3 Å². The Balaban J connectivity index is 1.75. The fourth-order valence-electron chi connectivity index (χ4n) is 3.76. The average Bonchev–Trinajstić information content (AvgIpc) is 3.41. The van der Waals surface area contributed by atoms with Gasteiger partial charge in [0.05, 0.1) is 6.07 Å². The highest BCUT2D eigenvalue weighted by molar-refractivity contribution is 5.95. The first kappa shape index (κ1) is 30.6. The first-order valence-electron chi connectivity index (χ1n) is 12.7. The van der Waals surface area contributed by atoms with Gasteiger partial charge in [-0.1, -0.05) is 42.5 Å². The number of amides is 4. The number of nitrogens with zero attached hydrogens (tertiary/aromatic N) is 2. The van der Waals surface area contributed by atoms with E-state index < -0.39 is 58.6 Å². The first-order chi connectivity index (χ1) is 19.4. The summed E-state index contributed by atoms with van der Waals surface area (Å²) < 4.78 is 10.2. The van der Waals surface area contributed by atoms with E-state index in [9.17, 15) is 29.3 Å². The van der Waals surface area contributed by atoms with Crippen molar-refractivity contribution in [3.8, 4) is 0 Å². The molecular formula is C27H32N6O8. The van der Waals surface area contributed by atoms with Gasteiger partial charge >= 0.3 is 17.9 Å². The summed E-state index contributed by atoms with van der Waals surface area (Å²) in [6.07, 6.45) is -0.707. The van der Waals surface area contributed by atoms with Crippen molar-refractivity contribution in [1.29, 1.82) is 0 Å². The number of furan rings is 1. The smallest absolute Gasteiger partial charge is 0.433 e. The number of nitro groups is 1. The first-order valence-corrected chi connectivity index (χ1v) is 12.7.